The Kier molecular flexibility index (Phi) is 4.23. The van der Waals surface area contributed by atoms with Gasteiger partial charge in [0.2, 0.25) is 5.91 Å². The van der Waals surface area contributed by atoms with Crippen molar-refractivity contribution in [1.29, 1.82) is 0 Å². The molecular formula is C18H21NO. The van der Waals surface area contributed by atoms with Crippen LogP contribution in [0.25, 0.3) is 0 Å². The van der Waals surface area contributed by atoms with Gasteiger partial charge < -0.3 is 5.32 Å². The summed E-state index contributed by atoms with van der Waals surface area (Å²) in [6.45, 7) is 8.22. The normalized spacial score (nSPS) is 10.4. The molecule has 0 radical (unpaired) electrons. The summed E-state index contributed by atoms with van der Waals surface area (Å²) in [5.74, 6) is 0.0262. The fourth-order valence-electron chi connectivity index (χ4n) is 2.35. The third-order valence-corrected chi connectivity index (χ3v) is 3.44. The average Bonchev–Trinajstić information content (AvgIpc) is 2.32. The minimum atomic E-state index is 0.0262. The minimum absolute atomic E-state index is 0.0262. The molecule has 2 aromatic carbocycles. The van der Waals surface area contributed by atoms with E-state index in [0.717, 1.165) is 22.4 Å². The summed E-state index contributed by atoms with van der Waals surface area (Å²) in [5, 5.41) is 2.97. The molecule has 1 N–H and O–H groups in total. The number of carbonyl (C=O) groups excluding carboxylic acids is 1. The van der Waals surface area contributed by atoms with Gasteiger partial charge in [0, 0.05) is 5.69 Å². The molecule has 2 rings (SSSR count). The zero-order chi connectivity index (χ0) is 14.7. The average molecular weight is 267 g/mol. The lowest BCUT2D eigenvalue weighted by Gasteiger charge is -2.09. The van der Waals surface area contributed by atoms with E-state index in [1.54, 1.807) is 0 Å². The Labute approximate surface area is 120 Å². The Bertz CT molecular complexity index is 624. The molecule has 0 aliphatic carbocycles. The molecule has 0 saturated heterocycles. The molecule has 0 saturated carbocycles. The summed E-state index contributed by atoms with van der Waals surface area (Å²) in [6, 6.07) is 12.2. The number of amides is 1. The number of anilines is 1. The third kappa shape index (κ3) is 3.70. The molecular weight excluding hydrogens is 246 g/mol. The number of carbonyl (C=O) groups is 1. The van der Waals surface area contributed by atoms with Gasteiger partial charge in [-0.15, -0.1) is 0 Å². The van der Waals surface area contributed by atoms with E-state index in [-0.39, 0.29) is 5.91 Å². The van der Waals surface area contributed by atoms with Crippen molar-refractivity contribution in [2.24, 2.45) is 0 Å². The van der Waals surface area contributed by atoms with Gasteiger partial charge in [-0.1, -0.05) is 24.3 Å². The molecule has 0 aliphatic rings. The maximum Gasteiger partial charge on any atom is 0.228 e. The molecule has 0 unspecified atom stereocenters. The molecule has 1 amide bonds. The lowest BCUT2D eigenvalue weighted by atomic mass is 10.0. The molecule has 0 spiro atoms. The molecule has 0 aliphatic heterocycles. The van der Waals surface area contributed by atoms with Crippen molar-refractivity contribution in [3.05, 3.63) is 64.2 Å². The third-order valence-electron chi connectivity index (χ3n) is 3.44. The SMILES string of the molecule is Cc1cc(C)cc(NC(=O)Cc2ccc(C)c(C)c2)c1. The first-order valence-electron chi connectivity index (χ1n) is 6.88. The molecule has 2 heteroatoms. The maximum absolute atomic E-state index is 12.1. The van der Waals surface area contributed by atoms with Crippen molar-refractivity contribution in [3.8, 4) is 0 Å². The summed E-state index contributed by atoms with van der Waals surface area (Å²) in [6.07, 6.45) is 0.411. The second-order valence-electron chi connectivity index (χ2n) is 5.52. The van der Waals surface area contributed by atoms with Crippen LogP contribution in [-0.2, 0) is 11.2 Å². The van der Waals surface area contributed by atoms with E-state index in [0.29, 0.717) is 6.42 Å². The highest BCUT2D eigenvalue weighted by Gasteiger charge is 2.06. The Morgan fingerprint density at radius 3 is 2.15 bits per heavy atom. The number of benzene rings is 2. The van der Waals surface area contributed by atoms with Crippen LogP contribution in [0.1, 0.15) is 27.8 Å². The minimum Gasteiger partial charge on any atom is -0.326 e. The van der Waals surface area contributed by atoms with Crippen molar-refractivity contribution >= 4 is 11.6 Å². The van der Waals surface area contributed by atoms with E-state index in [1.807, 2.05) is 32.0 Å². The van der Waals surface area contributed by atoms with Crippen LogP contribution in [0, 0.1) is 27.7 Å². The molecule has 2 nitrogen and oxygen atoms in total. The topological polar surface area (TPSA) is 29.1 Å². The van der Waals surface area contributed by atoms with Crippen LogP contribution >= 0.6 is 0 Å². The summed E-state index contributed by atoms with van der Waals surface area (Å²) in [5.41, 5.74) is 6.72. The Morgan fingerprint density at radius 1 is 0.900 bits per heavy atom. The summed E-state index contributed by atoms with van der Waals surface area (Å²) in [7, 11) is 0. The molecule has 104 valence electrons. The van der Waals surface area contributed by atoms with Crippen LogP contribution < -0.4 is 5.32 Å². The quantitative estimate of drug-likeness (QED) is 0.891. The van der Waals surface area contributed by atoms with Gasteiger partial charge in [0.15, 0.2) is 0 Å². The van der Waals surface area contributed by atoms with Crippen LogP contribution in [-0.4, -0.2) is 5.91 Å². The number of hydrogen-bond acceptors (Lipinski definition) is 1. The largest absolute Gasteiger partial charge is 0.326 e. The van der Waals surface area contributed by atoms with Gasteiger partial charge in [0.05, 0.1) is 6.42 Å². The molecule has 20 heavy (non-hydrogen) atoms. The van der Waals surface area contributed by atoms with E-state index in [9.17, 15) is 4.79 Å². The standard InChI is InChI=1S/C18H21NO/c1-12-7-13(2)9-17(8-12)19-18(20)11-16-6-5-14(3)15(4)10-16/h5-10H,11H2,1-4H3,(H,19,20). The lowest BCUT2D eigenvalue weighted by Crippen LogP contribution is -2.14. The van der Waals surface area contributed by atoms with Gasteiger partial charge in [-0.25, -0.2) is 0 Å². The van der Waals surface area contributed by atoms with Crippen LogP contribution in [0.5, 0.6) is 0 Å². The van der Waals surface area contributed by atoms with Gasteiger partial charge in [-0.2, -0.15) is 0 Å². The number of hydrogen-bond donors (Lipinski definition) is 1. The highest BCUT2D eigenvalue weighted by molar-refractivity contribution is 5.92. The predicted octanol–water partition coefficient (Wildman–Crippen LogP) is 4.10. The van der Waals surface area contributed by atoms with E-state index < -0.39 is 0 Å². The van der Waals surface area contributed by atoms with Crippen molar-refractivity contribution in [3.63, 3.8) is 0 Å². The van der Waals surface area contributed by atoms with Gasteiger partial charge in [0.25, 0.3) is 0 Å². The lowest BCUT2D eigenvalue weighted by molar-refractivity contribution is -0.115. The number of rotatable bonds is 3. The first-order chi connectivity index (χ1) is 9.44. The zero-order valence-corrected chi connectivity index (χ0v) is 12.6. The van der Waals surface area contributed by atoms with Crippen molar-refractivity contribution in [2.45, 2.75) is 34.1 Å². The molecule has 0 aromatic heterocycles. The van der Waals surface area contributed by atoms with Gasteiger partial charge in [-0.05, 0) is 67.6 Å². The Hall–Kier alpha value is -2.09. The van der Waals surface area contributed by atoms with E-state index in [2.05, 4.69) is 37.4 Å². The highest BCUT2D eigenvalue weighted by Crippen LogP contribution is 2.15. The smallest absolute Gasteiger partial charge is 0.228 e. The van der Waals surface area contributed by atoms with Crippen molar-refractivity contribution in [1.82, 2.24) is 0 Å². The summed E-state index contributed by atoms with van der Waals surface area (Å²) < 4.78 is 0. The molecule has 0 atom stereocenters. The van der Waals surface area contributed by atoms with Gasteiger partial charge in [-0.3, -0.25) is 4.79 Å². The second-order valence-corrected chi connectivity index (χ2v) is 5.52. The highest BCUT2D eigenvalue weighted by atomic mass is 16.1. The summed E-state index contributed by atoms with van der Waals surface area (Å²) in [4.78, 5) is 12.1. The Balaban J connectivity index is 2.06. The van der Waals surface area contributed by atoms with Gasteiger partial charge >= 0.3 is 0 Å². The first kappa shape index (κ1) is 14.3. The molecule has 2 aromatic rings. The molecule has 0 fully saturated rings. The molecule has 0 heterocycles. The number of aryl methyl sites for hydroxylation is 4. The molecule has 0 bridgehead atoms. The zero-order valence-electron chi connectivity index (χ0n) is 12.6. The Morgan fingerprint density at radius 2 is 1.55 bits per heavy atom. The van der Waals surface area contributed by atoms with Crippen LogP contribution in [0.3, 0.4) is 0 Å². The predicted molar refractivity (Wildman–Crippen MR) is 84.2 cm³/mol. The fourth-order valence-corrected chi connectivity index (χ4v) is 2.35. The fraction of sp³-hybridized carbons (Fsp3) is 0.278. The summed E-state index contributed by atoms with van der Waals surface area (Å²) >= 11 is 0. The number of nitrogens with one attached hydrogen (secondary N) is 1. The van der Waals surface area contributed by atoms with E-state index >= 15 is 0 Å². The second kappa shape index (κ2) is 5.91. The van der Waals surface area contributed by atoms with Crippen molar-refractivity contribution in [2.75, 3.05) is 5.32 Å². The van der Waals surface area contributed by atoms with Gasteiger partial charge in [0.1, 0.15) is 0 Å². The van der Waals surface area contributed by atoms with E-state index in [4.69, 9.17) is 0 Å². The van der Waals surface area contributed by atoms with Crippen molar-refractivity contribution < 1.29 is 4.79 Å². The monoisotopic (exact) mass is 267 g/mol. The van der Waals surface area contributed by atoms with Crippen LogP contribution in [0.15, 0.2) is 36.4 Å². The van der Waals surface area contributed by atoms with E-state index in [1.165, 1.54) is 11.1 Å². The first-order valence-corrected chi connectivity index (χ1v) is 6.88. The van der Waals surface area contributed by atoms with Crippen LogP contribution in [0.2, 0.25) is 0 Å². The maximum atomic E-state index is 12.1. The van der Waals surface area contributed by atoms with Crippen LogP contribution in [0.4, 0.5) is 5.69 Å².